The molecule has 1 aromatic heterocycles. The monoisotopic (exact) mass is 390 g/mol. The van der Waals surface area contributed by atoms with E-state index in [-0.39, 0.29) is 10.9 Å². The zero-order chi connectivity index (χ0) is 20.0. The Hall–Kier alpha value is -2.31. The van der Waals surface area contributed by atoms with Crippen LogP contribution in [0.25, 0.3) is 11.0 Å². The lowest BCUT2D eigenvalue weighted by Crippen LogP contribution is -2.60. The summed E-state index contributed by atoms with van der Waals surface area (Å²) in [5.74, 6) is -4.65. The molecule has 27 heavy (non-hydrogen) atoms. The molecule has 0 aliphatic carbocycles. The number of aryl methyl sites for hydroxylation is 1. The van der Waals surface area contributed by atoms with E-state index in [1.54, 1.807) is 0 Å². The summed E-state index contributed by atoms with van der Waals surface area (Å²) in [4.78, 5) is 12.1. The first kappa shape index (κ1) is 19.5. The van der Waals surface area contributed by atoms with E-state index in [0.29, 0.717) is 0 Å². The van der Waals surface area contributed by atoms with Crippen LogP contribution in [0.4, 0.5) is 8.78 Å². The SMILES string of the molecule is Cc1c(O[C@@H]2O[C@H](CO)[C@H](O)[C@H](O)[C@H]2O)c(=O)oc2c(F)c(O)c(F)cc12. The van der Waals surface area contributed by atoms with E-state index in [1.165, 1.54) is 6.92 Å². The highest BCUT2D eigenvalue weighted by atomic mass is 19.1. The molecule has 5 N–H and O–H groups in total. The van der Waals surface area contributed by atoms with Gasteiger partial charge in [0.25, 0.3) is 0 Å². The zero-order valence-corrected chi connectivity index (χ0v) is 13.8. The molecule has 0 spiro atoms. The van der Waals surface area contributed by atoms with Gasteiger partial charge < -0.3 is 39.4 Å². The number of aromatic hydroxyl groups is 1. The van der Waals surface area contributed by atoms with Gasteiger partial charge in [-0.3, -0.25) is 0 Å². The van der Waals surface area contributed by atoms with Crippen molar-refractivity contribution in [2.24, 2.45) is 0 Å². The predicted molar refractivity (Wildman–Crippen MR) is 83.2 cm³/mol. The maximum Gasteiger partial charge on any atom is 0.379 e. The van der Waals surface area contributed by atoms with Gasteiger partial charge in [-0.15, -0.1) is 0 Å². The van der Waals surface area contributed by atoms with Crippen molar-refractivity contribution >= 4 is 11.0 Å². The average molecular weight is 390 g/mol. The predicted octanol–water partition coefficient (Wildman–Crippen LogP) is -0.736. The molecule has 1 aliphatic rings. The van der Waals surface area contributed by atoms with Gasteiger partial charge in [0.05, 0.1) is 6.61 Å². The Balaban J connectivity index is 2.05. The van der Waals surface area contributed by atoms with Crippen LogP contribution in [0.1, 0.15) is 5.56 Å². The number of ether oxygens (including phenoxy) is 2. The van der Waals surface area contributed by atoms with Crippen molar-refractivity contribution in [3.63, 3.8) is 0 Å². The molecular weight excluding hydrogens is 374 g/mol. The van der Waals surface area contributed by atoms with Crippen molar-refractivity contribution in [1.82, 2.24) is 0 Å². The summed E-state index contributed by atoms with van der Waals surface area (Å²) in [5.41, 5.74) is -2.00. The van der Waals surface area contributed by atoms with Crippen LogP contribution in [0, 0.1) is 18.6 Å². The molecule has 2 aromatic rings. The van der Waals surface area contributed by atoms with Crippen LogP contribution in [-0.2, 0) is 4.74 Å². The molecule has 3 rings (SSSR count). The van der Waals surface area contributed by atoms with Crippen molar-refractivity contribution in [1.29, 1.82) is 0 Å². The van der Waals surface area contributed by atoms with Gasteiger partial charge in [0.15, 0.2) is 17.1 Å². The van der Waals surface area contributed by atoms with Crippen molar-refractivity contribution in [3.05, 3.63) is 33.7 Å². The second kappa shape index (κ2) is 7.02. The van der Waals surface area contributed by atoms with E-state index in [0.717, 1.165) is 6.07 Å². The largest absolute Gasteiger partial charge is 0.503 e. The summed E-state index contributed by atoms with van der Waals surface area (Å²) < 4.78 is 42.7. The van der Waals surface area contributed by atoms with E-state index in [9.17, 15) is 34.0 Å². The standard InChI is InChI=1S/C16H16F2O9/c1-4-5-2-6(17)9(20)8(18)14(5)26-15(24)13(4)27-16-12(23)11(22)10(21)7(3-19)25-16/h2,7,10-12,16,19-23H,3H2,1H3/t7-,10+,11+,12-,16+/m1/s1. The zero-order valence-electron chi connectivity index (χ0n) is 13.8. The average Bonchev–Trinajstić information content (AvgIpc) is 2.64. The lowest BCUT2D eigenvalue weighted by Gasteiger charge is -2.39. The van der Waals surface area contributed by atoms with Gasteiger partial charge in [-0.2, -0.15) is 4.39 Å². The summed E-state index contributed by atoms with van der Waals surface area (Å²) in [6.45, 7) is 0.556. The molecule has 0 radical (unpaired) electrons. The van der Waals surface area contributed by atoms with Crippen LogP contribution in [0.5, 0.6) is 11.5 Å². The van der Waals surface area contributed by atoms with E-state index in [1.807, 2.05) is 0 Å². The third kappa shape index (κ3) is 3.13. The van der Waals surface area contributed by atoms with Gasteiger partial charge in [0.1, 0.15) is 24.4 Å². The molecule has 0 saturated carbocycles. The Morgan fingerprint density at radius 2 is 1.85 bits per heavy atom. The molecule has 0 bridgehead atoms. The molecule has 1 aromatic carbocycles. The number of rotatable bonds is 3. The van der Waals surface area contributed by atoms with Gasteiger partial charge >= 0.3 is 5.63 Å². The number of fused-ring (bicyclic) bond motifs is 1. The number of benzene rings is 1. The molecule has 0 unspecified atom stereocenters. The van der Waals surface area contributed by atoms with Crippen LogP contribution in [-0.4, -0.2) is 62.8 Å². The highest BCUT2D eigenvalue weighted by Crippen LogP contribution is 2.33. The number of aliphatic hydroxyl groups is 4. The van der Waals surface area contributed by atoms with Gasteiger partial charge in [-0.1, -0.05) is 0 Å². The summed E-state index contributed by atoms with van der Waals surface area (Å²) in [7, 11) is 0. The van der Waals surface area contributed by atoms with Gasteiger partial charge in [0.2, 0.25) is 17.9 Å². The fraction of sp³-hybridized carbons (Fsp3) is 0.438. The fourth-order valence-corrected chi connectivity index (χ4v) is 2.80. The van der Waals surface area contributed by atoms with Crippen LogP contribution in [0.15, 0.2) is 15.3 Å². The lowest BCUT2D eigenvalue weighted by atomic mass is 9.99. The van der Waals surface area contributed by atoms with Crippen molar-refractivity contribution in [2.75, 3.05) is 6.61 Å². The second-order valence-corrected chi connectivity index (χ2v) is 6.06. The molecule has 5 atom stereocenters. The molecule has 11 heteroatoms. The summed E-state index contributed by atoms with van der Waals surface area (Å²) >= 11 is 0. The minimum atomic E-state index is -1.80. The van der Waals surface area contributed by atoms with E-state index < -0.39 is 71.7 Å². The van der Waals surface area contributed by atoms with Crippen LogP contribution >= 0.6 is 0 Å². The van der Waals surface area contributed by atoms with Gasteiger partial charge in [-0.25, -0.2) is 9.18 Å². The Morgan fingerprint density at radius 3 is 2.48 bits per heavy atom. The third-order valence-electron chi connectivity index (χ3n) is 4.36. The summed E-state index contributed by atoms with van der Waals surface area (Å²) in [6.07, 6.45) is -8.16. The first-order chi connectivity index (χ1) is 12.7. The molecule has 2 heterocycles. The topological polar surface area (TPSA) is 150 Å². The summed E-state index contributed by atoms with van der Waals surface area (Å²) in [6, 6.07) is 0.728. The van der Waals surface area contributed by atoms with Gasteiger partial charge in [-0.05, 0) is 13.0 Å². The molecule has 1 fully saturated rings. The normalized spacial score (nSPS) is 28.5. The molecule has 148 valence electrons. The Labute approximate surface area is 149 Å². The maximum atomic E-state index is 13.9. The van der Waals surface area contributed by atoms with Crippen molar-refractivity contribution in [3.8, 4) is 11.5 Å². The van der Waals surface area contributed by atoms with E-state index in [4.69, 9.17) is 19.0 Å². The summed E-state index contributed by atoms with van der Waals surface area (Å²) in [5, 5.41) is 47.7. The number of halogens is 2. The van der Waals surface area contributed by atoms with Crippen LogP contribution in [0.3, 0.4) is 0 Å². The van der Waals surface area contributed by atoms with Crippen LogP contribution in [0.2, 0.25) is 0 Å². The second-order valence-electron chi connectivity index (χ2n) is 6.06. The Bertz CT molecular complexity index is 926. The number of hydrogen-bond acceptors (Lipinski definition) is 9. The van der Waals surface area contributed by atoms with Crippen LogP contribution < -0.4 is 10.4 Å². The maximum absolute atomic E-state index is 13.9. The van der Waals surface area contributed by atoms with Gasteiger partial charge in [0, 0.05) is 10.9 Å². The number of phenols is 1. The first-order valence-electron chi connectivity index (χ1n) is 7.78. The third-order valence-corrected chi connectivity index (χ3v) is 4.36. The molecule has 1 aliphatic heterocycles. The van der Waals surface area contributed by atoms with Crippen molar-refractivity contribution < 1.29 is 48.2 Å². The molecule has 1 saturated heterocycles. The van der Waals surface area contributed by atoms with Crippen molar-refractivity contribution in [2.45, 2.75) is 37.6 Å². The highest BCUT2D eigenvalue weighted by molar-refractivity contribution is 5.84. The lowest BCUT2D eigenvalue weighted by molar-refractivity contribution is -0.277. The fourth-order valence-electron chi connectivity index (χ4n) is 2.80. The minimum absolute atomic E-state index is 0.0870. The molecule has 0 amide bonds. The Morgan fingerprint density at radius 1 is 1.19 bits per heavy atom. The first-order valence-corrected chi connectivity index (χ1v) is 7.78. The number of aliphatic hydroxyl groups excluding tert-OH is 4. The smallest absolute Gasteiger partial charge is 0.379 e. The van der Waals surface area contributed by atoms with E-state index >= 15 is 0 Å². The molecule has 9 nitrogen and oxygen atoms in total. The van der Waals surface area contributed by atoms with E-state index in [2.05, 4.69) is 0 Å². The Kier molecular flexibility index (Phi) is 5.06. The molecular formula is C16H16F2O9. The highest BCUT2D eigenvalue weighted by Gasteiger charge is 2.45. The quantitative estimate of drug-likeness (QED) is 0.427. The minimum Gasteiger partial charge on any atom is -0.503 e. The number of phenolic OH excluding ortho intramolecular Hbond substituents is 1. The number of hydrogen-bond donors (Lipinski definition) is 5.